The number of hydrogen-bond acceptors (Lipinski definition) is 7. The Morgan fingerprint density at radius 1 is 1.07 bits per heavy atom. The summed E-state index contributed by atoms with van der Waals surface area (Å²) in [4.78, 5) is 23.7. The van der Waals surface area contributed by atoms with Gasteiger partial charge in [-0.3, -0.25) is 10.1 Å². The molecule has 1 aromatic rings. The minimum atomic E-state index is -0.678. The number of rotatable bonds is 11. The van der Waals surface area contributed by atoms with Gasteiger partial charge < -0.3 is 22.9 Å². The molecule has 0 fully saturated rings. The van der Waals surface area contributed by atoms with Crippen LogP contribution in [0.5, 0.6) is 0 Å². The van der Waals surface area contributed by atoms with Gasteiger partial charge in [0.2, 0.25) is 0 Å². The van der Waals surface area contributed by atoms with Crippen molar-refractivity contribution in [2.45, 2.75) is 70.9 Å². The van der Waals surface area contributed by atoms with Gasteiger partial charge in [0.05, 0.1) is 0 Å². The van der Waals surface area contributed by atoms with Crippen molar-refractivity contribution >= 4 is 35.1 Å². The van der Waals surface area contributed by atoms with Crippen LogP contribution in [-0.2, 0) is 0 Å². The van der Waals surface area contributed by atoms with Gasteiger partial charge in [-0.05, 0) is 12.8 Å². The van der Waals surface area contributed by atoms with Crippen LogP contribution in [0.3, 0.4) is 0 Å². The van der Waals surface area contributed by atoms with Crippen LogP contribution < -0.4 is 28.3 Å². The predicted molar refractivity (Wildman–Crippen MR) is 110 cm³/mol. The smallest absolute Gasteiger partial charge is 0.280 e. The van der Waals surface area contributed by atoms with Gasteiger partial charge in [0.1, 0.15) is 6.17 Å². The average molecular weight is 399 g/mol. The van der Waals surface area contributed by atoms with Crippen molar-refractivity contribution in [3.63, 3.8) is 0 Å². The second-order valence-electron chi connectivity index (χ2n) is 6.43. The van der Waals surface area contributed by atoms with Crippen LogP contribution in [0.25, 0.3) is 0 Å². The molecule has 0 radical (unpaired) electrons. The van der Waals surface area contributed by atoms with Crippen molar-refractivity contribution in [3.05, 3.63) is 10.8 Å². The summed E-state index contributed by atoms with van der Waals surface area (Å²) in [7, 11) is 0. The normalized spacial score (nSPS) is 12.8. The van der Waals surface area contributed by atoms with Crippen molar-refractivity contribution in [3.8, 4) is 0 Å². The molecule has 9 nitrogen and oxygen atoms in total. The Labute approximate surface area is 165 Å². The van der Waals surface area contributed by atoms with E-state index in [1.165, 1.54) is 38.5 Å². The summed E-state index contributed by atoms with van der Waals surface area (Å²) in [5, 5.41) is 2.26. The number of aliphatic imine (C=N–C) groups is 1. The molecular weight excluding hydrogens is 368 g/mol. The van der Waals surface area contributed by atoms with Gasteiger partial charge in [-0.25, -0.2) is 15.0 Å². The lowest BCUT2D eigenvalue weighted by molar-refractivity contribution is 0.0972. The molecule has 0 aliphatic carbocycles. The number of anilines is 2. The van der Waals surface area contributed by atoms with E-state index in [4.69, 9.17) is 34.5 Å². The van der Waals surface area contributed by atoms with E-state index in [1.54, 1.807) is 0 Å². The molecule has 0 saturated carbocycles. The SMILES string of the molecule is CCCCCCCCCCC(N)N=C(N)NC(=O)c1nc(Cl)c(N)nc1N. The predicted octanol–water partition coefficient (Wildman–Crippen LogP) is 2.15. The van der Waals surface area contributed by atoms with Gasteiger partial charge in [0, 0.05) is 0 Å². The van der Waals surface area contributed by atoms with E-state index in [9.17, 15) is 4.79 Å². The van der Waals surface area contributed by atoms with Crippen LogP contribution in [0.2, 0.25) is 5.15 Å². The Kier molecular flexibility index (Phi) is 10.4. The summed E-state index contributed by atoms with van der Waals surface area (Å²) < 4.78 is 0. The Bertz CT molecular complexity index is 638. The van der Waals surface area contributed by atoms with E-state index < -0.39 is 12.1 Å². The van der Waals surface area contributed by atoms with E-state index in [2.05, 4.69) is 27.2 Å². The monoisotopic (exact) mass is 398 g/mol. The third kappa shape index (κ3) is 8.87. The molecule has 0 saturated heterocycles. The summed E-state index contributed by atoms with van der Waals surface area (Å²) >= 11 is 5.75. The van der Waals surface area contributed by atoms with Crippen LogP contribution in [-0.4, -0.2) is 28.0 Å². The number of guanidine groups is 1. The Balaban J connectivity index is 2.36. The van der Waals surface area contributed by atoms with Gasteiger partial charge in [0.15, 0.2) is 28.4 Å². The van der Waals surface area contributed by atoms with E-state index in [1.807, 2.05) is 0 Å². The molecule has 0 bridgehead atoms. The fraction of sp³-hybridized carbons (Fsp3) is 0.647. The summed E-state index contributed by atoms with van der Waals surface area (Å²) in [6, 6.07) is 0. The maximum Gasteiger partial charge on any atom is 0.280 e. The fourth-order valence-corrected chi connectivity index (χ4v) is 2.67. The number of unbranched alkanes of at least 4 members (excludes halogenated alkanes) is 7. The number of amides is 1. The number of hydrogen-bond donors (Lipinski definition) is 5. The molecule has 1 aromatic heterocycles. The van der Waals surface area contributed by atoms with Crippen LogP contribution >= 0.6 is 11.6 Å². The highest BCUT2D eigenvalue weighted by Gasteiger charge is 2.17. The number of nitrogens with zero attached hydrogens (tertiary/aromatic N) is 3. The summed E-state index contributed by atoms with van der Waals surface area (Å²) in [5.41, 5.74) is 22.6. The number of nitrogen functional groups attached to an aromatic ring is 2. The molecule has 0 aliphatic heterocycles. The molecule has 0 spiro atoms. The lowest BCUT2D eigenvalue weighted by Crippen LogP contribution is -2.39. The lowest BCUT2D eigenvalue weighted by Gasteiger charge is -2.10. The van der Waals surface area contributed by atoms with E-state index in [0.717, 1.165) is 12.8 Å². The molecule has 1 amide bonds. The van der Waals surface area contributed by atoms with Gasteiger partial charge in [-0.1, -0.05) is 63.5 Å². The molecule has 27 heavy (non-hydrogen) atoms. The zero-order valence-corrected chi connectivity index (χ0v) is 16.6. The first-order chi connectivity index (χ1) is 12.8. The zero-order chi connectivity index (χ0) is 20.2. The summed E-state index contributed by atoms with van der Waals surface area (Å²) in [5.74, 6) is -0.992. The second-order valence-corrected chi connectivity index (χ2v) is 6.79. The first kappa shape index (κ1) is 22.9. The number of carbonyl (C=O) groups is 1. The molecule has 1 unspecified atom stereocenters. The number of nitrogens with two attached hydrogens (primary N) is 4. The maximum atomic E-state index is 12.1. The minimum absolute atomic E-state index is 0.0558. The highest BCUT2D eigenvalue weighted by atomic mass is 35.5. The van der Waals surface area contributed by atoms with Crippen LogP contribution in [0.15, 0.2) is 4.99 Å². The summed E-state index contributed by atoms with van der Waals surface area (Å²) in [6.07, 6.45) is 9.90. The lowest BCUT2D eigenvalue weighted by atomic mass is 10.1. The summed E-state index contributed by atoms with van der Waals surface area (Å²) in [6.45, 7) is 2.21. The molecule has 152 valence electrons. The molecule has 0 aliphatic rings. The van der Waals surface area contributed by atoms with Gasteiger partial charge >= 0.3 is 0 Å². The van der Waals surface area contributed by atoms with E-state index in [-0.39, 0.29) is 28.4 Å². The standard InChI is InChI=1S/C17H31ClN8O/c1-2-3-4-5-6-7-8-9-10-11(19)23-17(22)26-16(27)12-14(20)25-15(21)13(18)24-12/h11H,2-10,19H2,1H3,(H4,20,21,25)(H3,22,23,26,27). The van der Waals surface area contributed by atoms with Crippen molar-refractivity contribution in [1.82, 2.24) is 15.3 Å². The second kappa shape index (κ2) is 12.3. The van der Waals surface area contributed by atoms with Crippen molar-refractivity contribution in [1.29, 1.82) is 0 Å². The third-order valence-electron chi connectivity index (χ3n) is 4.02. The first-order valence-corrected chi connectivity index (χ1v) is 9.71. The Morgan fingerprint density at radius 3 is 2.30 bits per heavy atom. The Morgan fingerprint density at radius 2 is 1.67 bits per heavy atom. The first-order valence-electron chi connectivity index (χ1n) is 9.33. The number of halogens is 1. The number of nitrogens with one attached hydrogen (secondary N) is 1. The van der Waals surface area contributed by atoms with Crippen LogP contribution in [0.4, 0.5) is 11.6 Å². The van der Waals surface area contributed by atoms with Crippen molar-refractivity contribution in [2.75, 3.05) is 11.5 Å². The van der Waals surface area contributed by atoms with E-state index >= 15 is 0 Å². The van der Waals surface area contributed by atoms with Gasteiger partial charge in [-0.2, -0.15) is 0 Å². The van der Waals surface area contributed by atoms with Crippen LogP contribution in [0, 0.1) is 0 Å². The molecule has 1 heterocycles. The van der Waals surface area contributed by atoms with Crippen molar-refractivity contribution in [2.24, 2.45) is 16.5 Å². The van der Waals surface area contributed by atoms with Crippen LogP contribution in [0.1, 0.15) is 75.2 Å². The zero-order valence-electron chi connectivity index (χ0n) is 15.9. The molecule has 1 rings (SSSR count). The van der Waals surface area contributed by atoms with E-state index in [0.29, 0.717) is 6.42 Å². The highest BCUT2D eigenvalue weighted by molar-refractivity contribution is 6.31. The molecule has 1 atom stereocenters. The topological polar surface area (TPSA) is 171 Å². The average Bonchev–Trinajstić information content (AvgIpc) is 2.60. The minimum Gasteiger partial charge on any atom is -0.382 e. The highest BCUT2D eigenvalue weighted by Crippen LogP contribution is 2.17. The van der Waals surface area contributed by atoms with Gasteiger partial charge in [-0.15, -0.1) is 0 Å². The molecular formula is C17H31ClN8O. The van der Waals surface area contributed by atoms with Crippen molar-refractivity contribution < 1.29 is 4.79 Å². The maximum absolute atomic E-state index is 12.1. The van der Waals surface area contributed by atoms with Gasteiger partial charge in [0.25, 0.3) is 5.91 Å². The molecule has 10 heteroatoms. The molecule has 9 N–H and O–H groups in total. The number of carbonyl (C=O) groups excluding carboxylic acids is 1. The molecule has 0 aromatic carbocycles. The fourth-order valence-electron chi connectivity index (χ4n) is 2.55. The third-order valence-corrected chi connectivity index (χ3v) is 4.30. The number of aromatic nitrogens is 2. The Hall–Kier alpha value is -2.13. The quantitative estimate of drug-likeness (QED) is 0.216. The largest absolute Gasteiger partial charge is 0.382 e.